The number of hydrogen-bond donors (Lipinski definition) is 1. The third-order valence-corrected chi connectivity index (χ3v) is 4.73. The standard InChI is InChI=1S/C21H20ClNO3/c1-14-11-17(12-15(2)21(14)22)25-9-10-26-20-8-7-16-5-3-4-6-18(16)19(20)13-23-24/h3-8,11-13,24H,9-10H2,1-2H3. The highest BCUT2D eigenvalue weighted by molar-refractivity contribution is 6.32. The molecular formula is C21H20ClNO3. The van der Waals surface area contributed by atoms with Gasteiger partial charge in [0.25, 0.3) is 0 Å². The van der Waals surface area contributed by atoms with Gasteiger partial charge in [0.2, 0.25) is 0 Å². The maximum atomic E-state index is 8.98. The van der Waals surface area contributed by atoms with Crippen LogP contribution in [0.2, 0.25) is 5.02 Å². The number of halogens is 1. The average Bonchev–Trinajstić information content (AvgIpc) is 2.64. The fourth-order valence-corrected chi connectivity index (χ4v) is 3.00. The van der Waals surface area contributed by atoms with Crippen molar-refractivity contribution in [1.29, 1.82) is 0 Å². The molecule has 3 aromatic rings. The van der Waals surface area contributed by atoms with Crippen molar-refractivity contribution in [3.63, 3.8) is 0 Å². The number of aryl methyl sites for hydroxylation is 2. The summed E-state index contributed by atoms with van der Waals surface area (Å²) in [4.78, 5) is 0. The second-order valence-corrected chi connectivity index (χ2v) is 6.39. The van der Waals surface area contributed by atoms with Crippen molar-refractivity contribution in [1.82, 2.24) is 0 Å². The van der Waals surface area contributed by atoms with Gasteiger partial charge in [0.15, 0.2) is 0 Å². The number of ether oxygens (including phenoxy) is 2. The Labute approximate surface area is 157 Å². The van der Waals surface area contributed by atoms with Crippen LogP contribution in [0.1, 0.15) is 16.7 Å². The predicted octanol–water partition coefficient (Wildman–Crippen LogP) is 5.38. The van der Waals surface area contributed by atoms with Crippen LogP contribution in [0, 0.1) is 13.8 Å². The number of rotatable bonds is 6. The molecule has 0 aliphatic rings. The summed E-state index contributed by atoms with van der Waals surface area (Å²) >= 11 is 6.17. The van der Waals surface area contributed by atoms with E-state index in [9.17, 15) is 0 Å². The van der Waals surface area contributed by atoms with E-state index in [2.05, 4.69) is 5.16 Å². The summed E-state index contributed by atoms with van der Waals surface area (Å²) in [5.74, 6) is 1.41. The Morgan fingerprint density at radius 1 is 1.00 bits per heavy atom. The van der Waals surface area contributed by atoms with E-state index in [-0.39, 0.29) is 0 Å². The first-order chi connectivity index (χ1) is 12.6. The van der Waals surface area contributed by atoms with Crippen LogP contribution in [0.15, 0.2) is 53.7 Å². The quantitative estimate of drug-likeness (QED) is 0.275. The Kier molecular flexibility index (Phi) is 5.64. The summed E-state index contributed by atoms with van der Waals surface area (Å²) in [6.45, 7) is 4.66. The van der Waals surface area contributed by atoms with Gasteiger partial charge >= 0.3 is 0 Å². The molecule has 0 fully saturated rings. The van der Waals surface area contributed by atoms with Gasteiger partial charge in [-0.2, -0.15) is 0 Å². The summed E-state index contributed by atoms with van der Waals surface area (Å²) in [5, 5.41) is 14.9. The van der Waals surface area contributed by atoms with Crippen LogP contribution in [0.3, 0.4) is 0 Å². The molecule has 0 heterocycles. The Balaban J connectivity index is 1.69. The van der Waals surface area contributed by atoms with Gasteiger partial charge in [0.1, 0.15) is 24.7 Å². The minimum Gasteiger partial charge on any atom is -0.490 e. The fraction of sp³-hybridized carbons (Fsp3) is 0.190. The highest BCUT2D eigenvalue weighted by atomic mass is 35.5. The molecule has 0 aliphatic carbocycles. The van der Waals surface area contributed by atoms with Crippen LogP contribution in [-0.4, -0.2) is 24.6 Å². The van der Waals surface area contributed by atoms with Crippen molar-refractivity contribution in [3.05, 3.63) is 70.2 Å². The third-order valence-electron chi connectivity index (χ3n) is 4.14. The van der Waals surface area contributed by atoms with Crippen molar-refractivity contribution in [3.8, 4) is 11.5 Å². The van der Waals surface area contributed by atoms with E-state index in [4.69, 9.17) is 26.3 Å². The van der Waals surface area contributed by atoms with Gasteiger partial charge in [-0.3, -0.25) is 0 Å². The summed E-state index contributed by atoms with van der Waals surface area (Å²) in [7, 11) is 0. The summed E-state index contributed by atoms with van der Waals surface area (Å²) < 4.78 is 11.6. The molecule has 0 radical (unpaired) electrons. The minimum atomic E-state index is 0.366. The van der Waals surface area contributed by atoms with E-state index in [1.54, 1.807) is 0 Å². The first-order valence-corrected chi connectivity index (χ1v) is 8.69. The van der Waals surface area contributed by atoms with Crippen LogP contribution in [-0.2, 0) is 0 Å². The van der Waals surface area contributed by atoms with Crippen LogP contribution in [0.5, 0.6) is 11.5 Å². The van der Waals surface area contributed by atoms with E-state index in [1.165, 1.54) is 6.21 Å². The van der Waals surface area contributed by atoms with Crippen LogP contribution in [0.25, 0.3) is 10.8 Å². The normalized spacial score (nSPS) is 11.2. The topological polar surface area (TPSA) is 51.0 Å². The molecule has 0 aromatic heterocycles. The maximum absolute atomic E-state index is 8.98. The van der Waals surface area contributed by atoms with Gasteiger partial charge in [0.05, 0.1) is 6.21 Å². The van der Waals surface area contributed by atoms with Crippen LogP contribution in [0.4, 0.5) is 0 Å². The second kappa shape index (κ2) is 8.11. The lowest BCUT2D eigenvalue weighted by atomic mass is 10.0. The molecule has 0 spiro atoms. The number of benzene rings is 3. The summed E-state index contributed by atoms with van der Waals surface area (Å²) in [5.41, 5.74) is 2.71. The van der Waals surface area contributed by atoms with E-state index in [1.807, 2.05) is 62.4 Å². The highest BCUT2D eigenvalue weighted by Crippen LogP contribution is 2.27. The van der Waals surface area contributed by atoms with Gasteiger partial charge in [-0.25, -0.2) is 0 Å². The Morgan fingerprint density at radius 2 is 1.69 bits per heavy atom. The van der Waals surface area contributed by atoms with Crippen molar-refractivity contribution < 1.29 is 14.7 Å². The maximum Gasteiger partial charge on any atom is 0.129 e. The molecule has 3 rings (SSSR count). The molecule has 1 N–H and O–H groups in total. The number of hydrogen-bond acceptors (Lipinski definition) is 4. The lowest BCUT2D eigenvalue weighted by Gasteiger charge is -2.13. The van der Waals surface area contributed by atoms with E-state index in [0.29, 0.717) is 19.0 Å². The van der Waals surface area contributed by atoms with E-state index < -0.39 is 0 Å². The second-order valence-electron chi connectivity index (χ2n) is 6.01. The number of nitrogens with zero attached hydrogens (tertiary/aromatic N) is 1. The number of fused-ring (bicyclic) bond motifs is 1. The molecule has 26 heavy (non-hydrogen) atoms. The molecule has 0 unspecified atom stereocenters. The van der Waals surface area contributed by atoms with Crippen molar-refractivity contribution in [2.24, 2.45) is 5.16 Å². The highest BCUT2D eigenvalue weighted by Gasteiger charge is 2.08. The molecule has 5 heteroatoms. The smallest absolute Gasteiger partial charge is 0.129 e. The zero-order valence-electron chi connectivity index (χ0n) is 14.7. The number of oxime groups is 1. The molecule has 0 atom stereocenters. The molecule has 4 nitrogen and oxygen atoms in total. The zero-order chi connectivity index (χ0) is 18.5. The fourth-order valence-electron chi connectivity index (χ4n) is 2.89. The molecular weight excluding hydrogens is 350 g/mol. The predicted molar refractivity (Wildman–Crippen MR) is 105 cm³/mol. The SMILES string of the molecule is Cc1cc(OCCOc2ccc3ccccc3c2C=NO)cc(C)c1Cl. The van der Waals surface area contributed by atoms with Gasteiger partial charge in [-0.1, -0.05) is 47.1 Å². The monoisotopic (exact) mass is 369 g/mol. The Morgan fingerprint density at radius 3 is 2.42 bits per heavy atom. The lowest BCUT2D eigenvalue weighted by Crippen LogP contribution is -2.10. The molecule has 0 bridgehead atoms. The third kappa shape index (κ3) is 3.92. The molecule has 3 aromatic carbocycles. The van der Waals surface area contributed by atoms with Gasteiger partial charge in [-0.15, -0.1) is 0 Å². The first-order valence-electron chi connectivity index (χ1n) is 8.31. The molecule has 0 saturated carbocycles. The van der Waals surface area contributed by atoms with Crippen molar-refractivity contribution in [2.45, 2.75) is 13.8 Å². The van der Waals surface area contributed by atoms with Crippen molar-refractivity contribution >= 4 is 28.6 Å². The van der Waals surface area contributed by atoms with Gasteiger partial charge < -0.3 is 14.7 Å². The van der Waals surface area contributed by atoms with E-state index in [0.717, 1.165) is 38.2 Å². The largest absolute Gasteiger partial charge is 0.490 e. The molecule has 0 amide bonds. The van der Waals surface area contributed by atoms with Gasteiger partial charge in [0, 0.05) is 10.6 Å². The summed E-state index contributed by atoms with van der Waals surface area (Å²) in [6.07, 6.45) is 1.39. The van der Waals surface area contributed by atoms with Crippen molar-refractivity contribution in [2.75, 3.05) is 13.2 Å². The van der Waals surface area contributed by atoms with E-state index >= 15 is 0 Å². The molecule has 134 valence electrons. The first kappa shape index (κ1) is 18.1. The Hall–Kier alpha value is -2.72. The van der Waals surface area contributed by atoms with Gasteiger partial charge in [-0.05, 0) is 53.9 Å². The average molecular weight is 370 g/mol. The minimum absolute atomic E-state index is 0.366. The van der Waals surface area contributed by atoms with Crippen LogP contribution >= 0.6 is 11.6 Å². The molecule has 0 saturated heterocycles. The summed E-state index contributed by atoms with van der Waals surface area (Å²) in [6, 6.07) is 15.5. The Bertz CT molecular complexity index is 930. The van der Waals surface area contributed by atoms with Crippen LogP contribution < -0.4 is 9.47 Å². The zero-order valence-corrected chi connectivity index (χ0v) is 15.5. The lowest BCUT2D eigenvalue weighted by molar-refractivity contribution is 0.217. The molecule has 0 aliphatic heterocycles.